The molecule has 1 saturated carbocycles. The number of alkyl halides is 1. The fourth-order valence-corrected chi connectivity index (χ4v) is 3.05. The van der Waals surface area contributed by atoms with E-state index in [4.69, 9.17) is 4.74 Å². The zero-order chi connectivity index (χ0) is 16.0. The number of fused-ring (bicyclic) bond motifs is 1. The number of nitrogens with zero attached hydrogens (tertiary/aromatic N) is 3. The van der Waals surface area contributed by atoms with E-state index in [9.17, 15) is 4.39 Å². The van der Waals surface area contributed by atoms with E-state index in [0.29, 0.717) is 11.8 Å². The van der Waals surface area contributed by atoms with Gasteiger partial charge in [0, 0.05) is 25.9 Å². The summed E-state index contributed by atoms with van der Waals surface area (Å²) >= 11 is 0. The van der Waals surface area contributed by atoms with Crippen LogP contribution in [0.3, 0.4) is 0 Å². The molecule has 2 atom stereocenters. The van der Waals surface area contributed by atoms with Gasteiger partial charge in [0.1, 0.15) is 23.9 Å². The number of likely N-dealkylation sites (N-methyl/N-ethyl adjacent to an activating group) is 1. The van der Waals surface area contributed by atoms with E-state index >= 15 is 0 Å². The van der Waals surface area contributed by atoms with Crippen molar-refractivity contribution in [1.82, 2.24) is 9.97 Å². The highest BCUT2D eigenvalue weighted by Crippen LogP contribution is 2.37. The molecule has 1 aromatic rings. The highest BCUT2D eigenvalue weighted by Gasteiger charge is 2.30. The average molecular weight is 316 g/mol. The summed E-state index contributed by atoms with van der Waals surface area (Å²) in [4.78, 5) is 11.0. The van der Waals surface area contributed by atoms with Crippen LogP contribution in [0.4, 0.5) is 15.9 Å². The van der Waals surface area contributed by atoms with Crippen molar-refractivity contribution < 1.29 is 9.13 Å². The Labute approximate surface area is 135 Å². The number of rotatable bonds is 4. The van der Waals surface area contributed by atoms with Crippen molar-refractivity contribution in [2.24, 2.45) is 0 Å². The van der Waals surface area contributed by atoms with Crippen LogP contribution in [0.25, 0.3) is 0 Å². The SMILES string of the molecule is CC1Cc2ncnc(NC3=C(OC4CC4)CC(F)C=C3)c2N1C. The summed E-state index contributed by atoms with van der Waals surface area (Å²) in [7, 11) is 2.05. The number of nitrogens with one attached hydrogen (secondary N) is 1. The molecular weight excluding hydrogens is 295 g/mol. The van der Waals surface area contributed by atoms with E-state index in [1.54, 1.807) is 18.5 Å². The molecule has 1 fully saturated rings. The number of ether oxygens (including phenoxy) is 1. The molecule has 1 N–H and O–H groups in total. The van der Waals surface area contributed by atoms with Gasteiger partial charge in [0.15, 0.2) is 5.82 Å². The average Bonchev–Trinajstić information content (AvgIpc) is 3.28. The third-order valence-electron chi connectivity index (χ3n) is 4.64. The van der Waals surface area contributed by atoms with Crippen molar-refractivity contribution in [3.05, 3.63) is 35.6 Å². The Morgan fingerprint density at radius 2 is 2.13 bits per heavy atom. The first-order valence-corrected chi connectivity index (χ1v) is 8.17. The predicted octanol–water partition coefficient (Wildman–Crippen LogP) is 2.96. The quantitative estimate of drug-likeness (QED) is 0.925. The Morgan fingerprint density at radius 3 is 2.91 bits per heavy atom. The molecule has 0 spiro atoms. The Kier molecular flexibility index (Phi) is 3.47. The number of aromatic nitrogens is 2. The van der Waals surface area contributed by atoms with E-state index in [2.05, 4.69) is 34.2 Å². The molecule has 4 rings (SSSR count). The minimum absolute atomic E-state index is 0.249. The molecule has 122 valence electrons. The van der Waals surface area contributed by atoms with Gasteiger partial charge >= 0.3 is 0 Å². The normalized spacial score (nSPS) is 26.5. The van der Waals surface area contributed by atoms with Gasteiger partial charge in [-0.1, -0.05) is 0 Å². The second kappa shape index (κ2) is 5.51. The Balaban J connectivity index is 1.65. The molecule has 5 nitrogen and oxygen atoms in total. The van der Waals surface area contributed by atoms with Crippen LogP contribution in [0.5, 0.6) is 0 Å². The van der Waals surface area contributed by atoms with Crippen molar-refractivity contribution >= 4 is 11.5 Å². The van der Waals surface area contributed by atoms with Crippen molar-refractivity contribution in [1.29, 1.82) is 0 Å². The summed E-state index contributed by atoms with van der Waals surface area (Å²) in [5, 5.41) is 3.34. The van der Waals surface area contributed by atoms with Crippen LogP contribution in [0, 0.1) is 0 Å². The van der Waals surface area contributed by atoms with Crippen LogP contribution < -0.4 is 10.2 Å². The molecule has 0 bridgehead atoms. The lowest BCUT2D eigenvalue weighted by molar-refractivity contribution is 0.170. The smallest absolute Gasteiger partial charge is 0.157 e. The molecular formula is C17H21FN4O. The molecule has 0 saturated heterocycles. The van der Waals surface area contributed by atoms with Gasteiger partial charge < -0.3 is 15.0 Å². The standard InChI is InChI=1S/C17H21FN4O/c1-10-7-14-16(22(10)2)17(20-9-19-14)21-13-6-3-11(18)8-15(13)23-12-4-5-12/h3,6,9-12H,4-5,7-8H2,1-2H3,(H,19,20,21). The predicted molar refractivity (Wildman–Crippen MR) is 87.0 cm³/mol. The molecule has 0 amide bonds. The van der Waals surface area contributed by atoms with E-state index in [0.717, 1.165) is 42.2 Å². The minimum Gasteiger partial charge on any atom is -0.492 e. The van der Waals surface area contributed by atoms with E-state index in [1.165, 1.54) is 0 Å². The molecule has 23 heavy (non-hydrogen) atoms. The highest BCUT2D eigenvalue weighted by atomic mass is 19.1. The second-order valence-electron chi connectivity index (χ2n) is 6.54. The monoisotopic (exact) mass is 316 g/mol. The van der Waals surface area contributed by atoms with Crippen molar-refractivity contribution in [2.45, 2.75) is 50.9 Å². The molecule has 1 aliphatic heterocycles. The molecule has 2 heterocycles. The van der Waals surface area contributed by atoms with Gasteiger partial charge in [-0.05, 0) is 31.9 Å². The molecule has 6 heteroatoms. The van der Waals surface area contributed by atoms with Gasteiger partial charge in [0.25, 0.3) is 0 Å². The molecule has 3 aliphatic rings. The maximum absolute atomic E-state index is 13.7. The highest BCUT2D eigenvalue weighted by molar-refractivity contribution is 5.73. The Hall–Kier alpha value is -2.11. The Morgan fingerprint density at radius 1 is 1.30 bits per heavy atom. The lowest BCUT2D eigenvalue weighted by Gasteiger charge is -2.23. The molecule has 0 aromatic carbocycles. The van der Waals surface area contributed by atoms with Crippen LogP contribution in [-0.2, 0) is 11.2 Å². The third-order valence-corrected chi connectivity index (χ3v) is 4.64. The van der Waals surface area contributed by atoms with Crippen LogP contribution in [0.1, 0.15) is 31.9 Å². The molecule has 2 aliphatic carbocycles. The van der Waals surface area contributed by atoms with Gasteiger partial charge in [0.05, 0.1) is 17.5 Å². The fourth-order valence-electron chi connectivity index (χ4n) is 3.05. The summed E-state index contributed by atoms with van der Waals surface area (Å²) < 4.78 is 19.6. The number of allylic oxidation sites excluding steroid dienone is 3. The second-order valence-corrected chi connectivity index (χ2v) is 6.54. The lowest BCUT2D eigenvalue weighted by Crippen LogP contribution is -2.25. The first-order chi connectivity index (χ1) is 11.1. The molecule has 1 aromatic heterocycles. The zero-order valence-corrected chi connectivity index (χ0v) is 13.4. The van der Waals surface area contributed by atoms with E-state index < -0.39 is 6.17 Å². The van der Waals surface area contributed by atoms with Gasteiger partial charge in [-0.2, -0.15) is 0 Å². The number of halogens is 1. The summed E-state index contributed by atoms with van der Waals surface area (Å²) in [5.41, 5.74) is 2.87. The number of hydrogen-bond acceptors (Lipinski definition) is 5. The summed E-state index contributed by atoms with van der Waals surface area (Å²) in [6, 6.07) is 0.399. The Bertz CT molecular complexity index is 683. The number of anilines is 2. The van der Waals surface area contributed by atoms with Crippen molar-refractivity contribution in [3.8, 4) is 0 Å². The maximum Gasteiger partial charge on any atom is 0.157 e. The first-order valence-electron chi connectivity index (χ1n) is 8.17. The topological polar surface area (TPSA) is 50.3 Å². The lowest BCUT2D eigenvalue weighted by atomic mass is 10.1. The third kappa shape index (κ3) is 2.78. The van der Waals surface area contributed by atoms with Gasteiger partial charge in [0.2, 0.25) is 0 Å². The van der Waals surface area contributed by atoms with E-state index in [-0.39, 0.29) is 12.5 Å². The van der Waals surface area contributed by atoms with Crippen molar-refractivity contribution in [2.75, 3.05) is 17.3 Å². The van der Waals surface area contributed by atoms with Gasteiger partial charge in [-0.15, -0.1) is 0 Å². The van der Waals surface area contributed by atoms with E-state index in [1.807, 2.05) is 0 Å². The largest absolute Gasteiger partial charge is 0.492 e. The fraction of sp³-hybridized carbons (Fsp3) is 0.529. The van der Waals surface area contributed by atoms with Crippen LogP contribution >= 0.6 is 0 Å². The summed E-state index contributed by atoms with van der Waals surface area (Å²) in [6.07, 6.45) is 7.49. The number of hydrogen-bond donors (Lipinski definition) is 1. The van der Waals surface area contributed by atoms with Crippen LogP contribution in [-0.4, -0.2) is 35.3 Å². The minimum atomic E-state index is -0.979. The zero-order valence-electron chi connectivity index (χ0n) is 13.4. The van der Waals surface area contributed by atoms with Crippen molar-refractivity contribution in [3.63, 3.8) is 0 Å². The molecule has 0 radical (unpaired) electrons. The van der Waals surface area contributed by atoms with Gasteiger partial charge in [-0.25, -0.2) is 14.4 Å². The molecule has 2 unspecified atom stereocenters. The first kappa shape index (κ1) is 14.5. The summed E-state index contributed by atoms with van der Waals surface area (Å²) in [6.45, 7) is 2.17. The summed E-state index contributed by atoms with van der Waals surface area (Å²) in [5.74, 6) is 1.46. The van der Waals surface area contributed by atoms with Gasteiger partial charge in [-0.3, -0.25) is 0 Å². The van der Waals surface area contributed by atoms with Crippen LogP contribution in [0.15, 0.2) is 29.9 Å². The van der Waals surface area contributed by atoms with Crippen LogP contribution in [0.2, 0.25) is 0 Å². The maximum atomic E-state index is 13.7.